The topological polar surface area (TPSA) is 38.7 Å². The number of hydrogen-bond donors (Lipinski definition) is 1. The van der Waals surface area contributed by atoms with Gasteiger partial charge in [0, 0.05) is 13.5 Å². The van der Waals surface area contributed by atoms with E-state index in [1.165, 1.54) is 0 Å². The summed E-state index contributed by atoms with van der Waals surface area (Å²) in [6.07, 6.45) is 0.102. The summed E-state index contributed by atoms with van der Waals surface area (Å²) in [5.41, 5.74) is 1.11. The molecule has 0 aliphatic rings. The fourth-order valence-electron chi connectivity index (χ4n) is 2.13. The largest absolute Gasteiger partial charge is 0.497 e. The van der Waals surface area contributed by atoms with Gasteiger partial charge in [-0.25, -0.2) is 0 Å². The first-order valence-corrected chi connectivity index (χ1v) is 5.97. The van der Waals surface area contributed by atoms with Crippen molar-refractivity contribution in [1.82, 2.24) is 0 Å². The lowest BCUT2D eigenvalue weighted by molar-refractivity contribution is 0.0652. The average molecular weight is 246 g/mol. The predicted octanol–water partition coefficient (Wildman–Crippen LogP) is 2.40. The Morgan fingerprint density at radius 3 is 2.72 bits per heavy atom. The van der Waals surface area contributed by atoms with Crippen molar-refractivity contribution in [3.05, 3.63) is 42.0 Å². The van der Waals surface area contributed by atoms with Crippen LogP contribution in [0.3, 0.4) is 0 Å². The molecular formula is C15H18O3. The van der Waals surface area contributed by atoms with Crippen LogP contribution >= 0.6 is 0 Å². The fraction of sp³-hybridized carbons (Fsp3) is 0.333. The van der Waals surface area contributed by atoms with Gasteiger partial charge in [-0.15, -0.1) is 0 Å². The molecule has 1 atom stereocenters. The third kappa shape index (κ3) is 2.81. The van der Waals surface area contributed by atoms with Gasteiger partial charge >= 0.3 is 0 Å². The summed E-state index contributed by atoms with van der Waals surface area (Å²) in [4.78, 5) is 0. The van der Waals surface area contributed by atoms with E-state index in [4.69, 9.17) is 9.47 Å². The quantitative estimate of drug-likeness (QED) is 0.880. The normalized spacial score (nSPS) is 12.6. The van der Waals surface area contributed by atoms with Gasteiger partial charge in [-0.2, -0.15) is 0 Å². The standard InChI is InChI=1S/C15H18O3/c1-17-10-13(16)8-12-5-3-4-11-6-7-14(18-2)9-15(11)12/h3-7,9,13,16H,8,10H2,1-2H3. The van der Waals surface area contributed by atoms with Gasteiger partial charge in [-0.1, -0.05) is 24.3 Å². The van der Waals surface area contributed by atoms with Crippen molar-refractivity contribution in [3.63, 3.8) is 0 Å². The molecule has 0 fully saturated rings. The van der Waals surface area contributed by atoms with Crippen molar-refractivity contribution in [1.29, 1.82) is 0 Å². The van der Waals surface area contributed by atoms with E-state index in [1.54, 1.807) is 14.2 Å². The number of aliphatic hydroxyl groups excluding tert-OH is 1. The fourth-order valence-corrected chi connectivity index (χ4v) is 2.13. The van der Waals surface area contributed by atoms with Crippen LogP contribution in [0.4, 0.5) is 0 Å². The van der Waals surface area contributed by atoms with E-state index in [1.807, 2.05) is 30.3 Å². The van der Waals surface area contributed by atoms with Crippen molar-refractivity contribution in [2.45, 2.75) is 12.5 Å². The van der Waals surface area contributed by atoms with Crippen molar-refractivity contribution in [2.75, 3.05) is 20.8 Å². The van der Waals surface area contributed by atoms with E-state index in [0.717, 1.165) is 22.1 Å². The predicted molar refractivity (Wildman–Crippen MR) is 72.1 cm³/mol. The van der Waals surface area contributed by atoms with Crippen molar-refractivity contribution in [2.24, 2.45) is 0 Å². The molecule has 2 aromatic rings. The average Bonchev–Trinajstić information content (AvgIpc) is 2.39. The second-order valence-electron chi connectivity index (χ2n) is 4.32. The van der Waals surface area contributed by atoms with Crippen LogP contribution in [0.2, 0.25) is 0 Å². The van der Waals surface area contributed by atoms with Gasteiger partial charge in [0.2, 0.25) is 0 Å². The Labute approximate surface area is 107 Å². The van der Waals surface area contributed by atoms with Crippen LogP contribution in [-0.2, 0) is 11.2 Å². The van der Waals surface area contributed by atoms with E-state index in [-0.39, 0.29) is 0 Å². The minimum atomic E-state index is -0.480. The van der Waals surface area contributed by atoms with Crippen molar-refractivity contribution in [3.8, 4) is 5.75 Å². The molecule has 0 amide bonds. The molecule has 0 bridgehead atoms. The van der Waals surface area contributed by atoms with Crippen molar-refractivity contribution >= 4 is 10.8 Å². The van der Waals surface area contributed by atoms with E-state index in [0.29, 0.717) is 13.0 Å². The molecule has 96 valence electrons. The van der Waals surface area contributed by atoms with Crippen LogP contribution in [0.5, 0.6) is 5.75 Å². The second-order valence-corrected chi connectivity index (χ2v) is 4.32. The highest BCUT2D eigenvalue weighted by Crippen LogP contribution is 2.24. The molecule has 0 aliphatic carbocycles. The van der Waals surface area contributed by atoms with Crippen molar-refractivity contribution < 1.29 is 14.6 Å². The molecular weight excluding hydrogens is 228 g/mol. The zero-order valence-corrected chi connectivity index (χ0v) is 10.7. The first-order valence-electron chi connectivity index (χ1n) is 5.97. The van der Waals surface area contributed by atoms with E-state index < -0.39 is 6.10 Å². The van der Waals surface area contributed by atoms with E-state index in [2.05, 4.69) is 6.07 Å². The number of methoxy groups -OCH3 is 2. The molecule has 0 saturated heterocycles. The lowest BCUT2D eigenvalue weighted by Crippen LogP contribution is -2.17. The number of rotatable bonds is 5. The number of benzene rings is 2. The summed E-state index contributed by atoms with van der Waals surface area (Å²) >= 11 is 0. The Hall–Kier alpha value is -1.58. The molecule has 0 radical (unpaired) electrons. The Balaban J connectivity index is 2.36. The molecule has 0 aliphatic heterocycles. The smallest absolute Gasteiger partial charge is 0.119 e. The number of hydrogen-bond acceptors (Lipinski definition) is 3. The third-order valence-corrected chi connectivity index (χ3v) is 2.99. The summed E-state index contributed by atoms with van der Waals surface area (Å²) in [6, 6.07) is 12.1. The molecule has 3 nitrogen and oxygen atoms in total. The SMILES string of the molecule is COCC(O)Cc1cccc2ccc(OC)cc12. The highest BCUT2D eigenvalue weighted by molar-refractivity contribution is 5.87. The van der Waals surface area contributed by atoms with Crippen LogP contribution < -0.4 is 4.74 Å². The summed E-state index contributed by atoms with van der Waals surface area (Å²) in [7, 11) is 3.25. The summed E-state index contributed by atoms with van der Waals surface area (Å²) < 4.78 is 10.2. The molecule has 1 N–H and O–H groups in total. The number of fused-ring (bicyclic) bond motifs is 1. The third-order valence-electron chi connectivity index (χ3n) is 2.99. The minimum Gasteiger partial charge on any atom is -0.497 e. The summed E-state index contributed by atoms with van der Waals surface area (Å²) in [5, 5.41) is 12.1. The Kier molecular flexibility index (Phi) is 4.18. The maximum Gasteiger partial charge on any atom is 0.119 e. The van der Waals surface area contributed by atoms with Gasteiger partial charge in [-0.3, -0.25) is 0 Å². The Bertz CT molecular complexity index is 522. The van der Waals surface area contributed by atoms with Gasteiger partial charge in [0.1, 0.15) is 5.75 Å². The van der Waals surface area contributed by atoms with Crippen LogP contribution in [0.25, 0.3) is 10.8 Å². The molecule has 0 heterocycles. The molecule has 2 aromatic carbocycles. The molecule has 0 aromatic heterocycles. The first kappa shape index (κ1) is 12.9. The van der Waals surface area contributed by atoms with E-state index >= 15 is 0 Å². The molecule has 2 rings (SSSR count). The Morgan fingerprint density at radius 1 is 1.17 bits per heavy atom. The van der Waals surface area contributed by atoms with Crippen LogP contribution in [0, 0.1) is 0 Å². The maximum absolute atomic E-state index is 9.83. The zero-order chi connectivity index (χ0) is 13.0. The van der Waals surface area contributed by atoms with Crippen LogP contribution in [0.15, 0.2) is 36.4 Å². The molecule has 0 saturated carbocycles. The monoisotopic (exact) mass is 246 g/mol. The van der Waals surface area contributed by atoms with Gasteiger partial charge in [0.15, 0.2) is 0 Å². The number of ether oxygens (including phenoxy) is 2. The highest BCUT2D eigenvalue weighted by Gasteiger charge is 2.08. The maximum atomic E-state index is 9.83. The summed E-state index contributed by atoms with van der Waals surface area (Å²) in [6.45, 7) is 0.348. The second kappa shape index (κ2) is 5.85. The first-order chi connectivity index (χ1) is 8.74. The lowest BCUT2D eigenvalue weighted by Gasteiger charge is -2.12. The lowest BCUT2D eigenvalue weighted by atomic mass is 10.00. The molecule has 0 spiro atoms. The zero-order valence-electron chi connectivity index (χ0n) is 10.7. The summed E-state index contributed by atoms with van der Waals surface area (Å²) in [5.74, 6) is 0.830. The number of aliphatic hydroxyl groups is 1. The minimum absolute atomic E-state index is 0.348. The molecule has 18 heavy (non-hydrogen) atoms. The highest BCUT2D eigenvalue weighted by atomic mass is 16.5. The Morgan fingerprint density at radius 2 is 2.00 bits per heavy atom. The van der Waals surface area contributed by atoms with Crippen LogP contribution in [-0.4, -0.2) is 32.0 Å². The van der Waals surface area contributed by atoms with Crippen LogP contribution in [0.1, 0.15) is 5.56 Å². The molecule has 1 unspecified atom stereocenters. The van der Waals surface area contributed by atoms with E-state index in [9.17, 15) is 5.11 Å². The van der Waals surface area contributed by atoms with Gasteiger partial charge < -0.3 is 14.6 Å². The van der Waals surface area contributed by atoms with Gasteiger partial charge in [0.05, 0.1) is 19.8 Å². The van der Waals surface area contributed by atoms with Gasteiger partial charge in [-0.05, 0) is 28.5 Å². The molecule has 3 heteroatoms. The van der Waals surface area contributed by atoms with Gasteiger partial charge in [0.25, 0.3) is 0 Å².